The summed E-state index contributed by atoms with van der Waals surface area (Å²) in [5, 5.41) is 13.5. The Kier molecular flexibility index (Phi) is 5.79. The molecule has 0 aromatic carbocycles. The highest BCUT2D eigenvalue weighted by Gasteiger charge is 2.34. The lowest BCUT2D eigenvalue weighted by molar-refractivity contribution is 0.145. The Morgan fingerprint density at radius 1 is 1.14 bits per heavy atom. The van der Waals surface area contributed by atoms with Crippen LogP contribution in [0.15, 0.2) is 18.6 Å². The van der Waals surface area contributed by atoms with Crippen LogP contribution in [0.4, 0.5) is 5.95 Å². The second kappa shape index (κ2) is 8.32. The molecule has 0 spiro atoms. The first-order chi connectivity index (χ1) is 13.9. The van der Waals surface area contributed by atoms with Gasteiger partial charge in [0.25, 0.3) is 0 Å². The van der Waals surface area contributed by atoms with Gasteiger partial charge in [0, 0.05) is 61.8 Å². The Hall–Kier alpha value is -2.12. The zero-order valence-electron chi connectivity index (χ0n) is 17.7. The van der Waals surface area contributed by atoms with Gasteiger partial charge < -0.3 is 15.3 Å². The van der Waals surface area contributed by atoms with E-state index in [2.05, 4.69) is 45.9 Å². The molecule has 0 bridgehead atoms. The number of anilines is 1. The van der Waals surface area contributed by atoms with Gasteiger partial charge in [-0.05, 0) is 31.1 Å². The highest BCUT2D eigenvalue weighted by molar-refractivity contribution is 5.37. The predicted molar refractivity (Wildman–Crippen MR) is 113 cm³/mol. The highest BCUT2D eigenvalue weighted by atomic mass is 16.3. The third kappa shape index (κ3) is 4.73. The van der Waals surface area contributed by atoms with E-state index < -0.39 is 0 Å². The molecule has 1 unspecified atom stereocenters. The van der Waals surface area contributed by atoms with Crippen LogP contribution < -0.4 is 10.2 Å². The molecule has 0 amide bonds. The quantitative estimate of drug-likeness (QED) is 0.803. The van der Waals surface area contributed by atoms with Crippen LogP contribution in [-0.4, -0.2) is 44.2 Å². The molecule has 7 nitrogen and oxygen atoms in total. The zero-order valence-corrected chi connectivity index (χ0v) is 17.7. The fourth-order valence-electron chi connectivity index (χ4n) is 4.33. The van der Waals surface area contributed by atoms with E-state index in [0.29, 0.717) is 0 Å². The predicted octanol–water partition coefficient (Wildman–Crippen LogP) is 2.59. The topological polar surface area (TPSA) is 87.1 Å². The smallest absolute Gasteiger partial charge is 0.225 e. The Morgan fingerprint density at radius 2 is 1.86 bits per heavy atom. The molecule has 4 rings (SSSR count). The maximum atomic E-state index is 9.77. The first-order valence-corrected chi connectivity index (χ1v) is 10.8. The summed E-state index contributed by atoms with van der Waals surface area (Å²) in [5.74, 6) is 1.68. The van der Waals surface area contributed by atoms with E-state index in [1.165, 1.54) is 5.56 Å². The van der Waals surface area contributed by atoms with Crippen LogP contribution in [0.2, 0.25) is 0 Å². The fraction of sp³-hybridized carbons (Fsp3) is 0.636. The standard InChI is InChI=1S/C22H32N6O/c1-4-20-24-12-15(13-25-20)11-23-18-9-22(2,3)10-19-17(18)14-26-21(27-19)28-7-5-16(29)6-8-28/h12-14,16,18,23,29H,4-11H2,1-3H3. The molecule has 1 fully saturated rings. The molecule has 1 atom stereocenters. The molecule has 1 aliphatic carbocycles. The molecular weight excluding hydrogens is 364 g/mol. The van der Waals surface area contributed by atoms with Crippen molar-refractivity contribution >= 4 is 5.95 Å². The molecule has 1 aliphatic heterocycles. The molecule has 7 heteroatoms. The number of aromatic nitrogens is 4. The average Bonchev–Trinajstić information content (AvgIpc) is 2.71. The van der Waals surface area contributed by atoms with E-state index >= 15 is 0 Å². The van der Waals surface area contributed by atoms with Crippen LogP contribution in [0.5, 0.6) is 0 Å². The van der Waals surface area contributed by atoms with Gasteiger partial charge in [0.15, 0.2) is 0 Å². The van der Waals surface area contributed by atoms with E-state index in [-0.39, 0.29) is 17.6 Å². The van der Waals surface area contributed by atoms with Crippen molar-refractivity contribution in [2.45, 2.75) is 71.6 Å². The number of hydrogen-bond donors (Lipinski definition) is 2. The maximum Gasteiger partial charge on any atom is 0.225 e. The van der Waals surface area contributed by atoms with Gasteiger partial charge in [-0.2, -0.15) is 0 Å². The van der Waals surface area contributed by atoms with Gasteiger partial charge in [0.1, 0.15) is 5.82 Å². The van der Waals surface area contributed by atoms with Gasteiger partial charge in [0.2, 0.25) is 5.95 Å². The number of piperidine rings is 1. The summed E-state index contributed by atoms with van der Waals surface area (Å²) in [4.78, 5) is 20.6. The van der Waals surface area contributed by atoms with Crippen molar-refractivity contribution in [3.8, 4) is 0 Å². The minimum atomic E-state index is -0.188. The van der Waals surface area contributed by atoms with Crippen molar-refractivity contribution in [2.24, 2.45) is 5.41 Å². The maximum absolute atomic E-state index is 9.77. The highest BCUT2D eigenvalue weighted by Crippen LogP contribution is 2.40. The summed E-state index contributed by atoms with van der Waals surface area (Å²) in [6, 6.07) is 0.219. The summed E-state index contributed by atoms with van der Waals surface area (Å²) >= 11 is 0. The number of rotatable bonds is 5. The average molecular weight is 397 g/mol. The Morgan fingerprint density at radius 3 is 2.55 bits per heavy atom. The van der Waals surface area contributed by atoms with Gasteiger partial charge in [-0.1, -0.05) is 20.8 Å². The van der Waals surface area contributed by atoms with Gasteiger partial charge in [-0.3, -0.25) is 0 Å². The summed E-state index contributed by atoms with van der Waals surface area (Å²) < 4.78 is 0. The lowest BCUT2D eigenvalue weighted by Crippen LogP contribution is -2.38. The van der Waals surface area contributed by atoms with Crippen LogP contribution >= 0.6 is 0 Å². The van der Waals surface area contributed by atoms with Crippen LogP contribution in [0.25, 0.3) is 0 Å². The van der Waals surface area contributed by atoms with E-state index in [0.717, 1.165) is 74.8 Å². The van der Waals surface area contributed by atoms with Crippen molar-refractivity contribution in [2.75, 3.05) is 18.0 Å². The molecule has 156 valence electrons. The Labute approximate surface area is 173 Å². The molecular formula is C22H32N6O. The SMILES string of the molecule is CCc1ncc(CNC2CC(C)(C)Cc3nc(N4CCC(O)CC4)ncc32)cn1. The molecule has 2 aromatic rings. The van der Waals surface area contributed by atoms with Gasteiger partial charge in [-0.25, -0.2) is 19.9 Å². The number of aryl methyl sites for hydroxylation is 1. The first-order valence-electron chi connectivity index (χ1n) is 10.8. The van der Waals surface area contributed by atoms with Crippen molar-refractivity contribution in [1.82, 2.24) is 25.3 Å². The number of aliphatic hydroxyl groups is 1. The molecule has 2 N–H and O–H groups in total. The normalized spacial score (nSPS) is 21.8. The van der Waals surface area contributed by atoms with Crippen molar-refractivity contribution < 1.29 is 5.11 Å². The summed E-state index contributed by atoms with van der Waals surface area (Å²) in [6.07, 6.45) is 10.1. The first kappa shape index (κ1) is 20.2. The molecule has 0 radical (unpaired) electrons. The van der Waals surface area contributed by atoms with Gasteiger partial charge in [-0.15, -0.1) is 0 Å². The summed E-state index contributed by atoms with van der Waals surface area (Å²) in [7, 11) is 0. The monoisotopic (exact) mass is 396 g/mol. The number of aliphatic hydroxyl groups excluding tert-OH is 1. The van der Waals surface area contributed by atoms with Crippen molar-refractivity contribution in [3.05, 3.63) is 41.2 Å². The second-order valence-corrected chi connectivity index (χ2v) is 9.13. The molecule has 29 heavy (non-hydrogen) atoms. The van der Waals surface area contributed by atoms with Gasteiger partial charge in [0.05, 0.1) is 11.8 Å². The third-order valence-electron chi connectivity index (χ3n) is 6.04. The molecule has 2 aliphatic rings. The fourth-order valence-corrected chi connectivity index (χ4v) is 4.33. The largest absolute Gasteiger partial charge is 0.393 e. The van der Waals surface area contributed by atoms with E-state index in [4.69, 9.17) is 4.98 Å². The Balaban J connectivity index is 1.50. The lowest BCUT2D eigenvalue weighted by atomic mass is 9.74. The Bertz CT molecular complexity index is 830. The number of hydrogen-bond acceptors (Lipinski definition) is 7. The molecule has 2 aromatic heterocycles. The van der Waals surface area contributed by atoms with E-state index in [9.17, 15) is 5.11 Å². The second-order valence-electron chi connectivity index (χ2n) is 9.13. The van der Waals surface area contributed by atoms with Crippen LogP contribution in [0.3, 0.4) is 0 Å². The van der Waals surface area contributed by atoms with Crippen LogP contribution in [0, 0.1) is 5.41 Å². The minimum absolute atomic E-state index is 0.178. The van der Waals surface area contributed by atoms with Crippen LogP contribution in [0.1, 0.15) is 68.7 Å². The number of nitrogens with one attached hydrogen (secondary N) is 1. The third-order valence-corrected chi connectivity index (χ3v) is 6.04. The van der Waals surface area contributed by atoms with Crippen molar-refractivity contribution in [3.63, 3.8) is 0 Å². The lowest BCUT2D eigenvalue weighted by Gasteiger charge is -2.37. The summed E-state index contributed by atoms with van der Waals surface area (Å²) in [5.41, 5.74) is 3.62. The van der Waals surface area contributed by atoms with Crippen LogP contribution in [-0.2, 0) is 19.4 Å². The summed E-state index contributed by atoms with van der Waals surface area (Å²) in [6.45, 7) is 9.05. The molecule has 3 heterocycles. The van der Waals surface area contributed by atoms with Crippen molar-refractivity contribution in [1.29, 1.82) is 0 Å². The molecule has 0 saturated carbocycles. The van der Waals surface area contributed by atoms with Gasteiger partial charge >= 0.3 is 0 Å². The number of fused-ring (bicyclic) bond motifs is 1. The number of nitrogens with zero attached hydrogens (tertiary/aromatic N) is 5. The van der Waals surface area contributed by atoms with E-state index in [1.807, 2.05) is 18.6 Å². The zero-order chi connectivity index (χ0) is 20.4. The minimum Gasteiger partial charge on any atom is -0.393 e. The molecule has 1 saturated heterocycles. The van der Waals surface area contributed by atoms with E-state index in [1.54, 1.807) is 0 Å².